The highest BCUT2D eigenvalue weighted by Gasteiger charge is 2.25. The minimum atomic E-state index is 0.0766. The van der Waals surface area contributed by atoms with Crippen molar-refractivity contribution in [2.75, 3.05) is 13.1 Å². The van der Waals surface area contributed by atoms with Gasteiger partial charge in [-0.25, -0.2) is 0 Å². The van der Waals surface area contributed by atoms with E-state index in [1.165, 1.54) is 12.0 Å². The lowest BCUT2D eigenvalue weighted by Gasteiger charge is -2.31. The van der Waals surface area contributed by atoms with Crippen molar-refractivity contribution in [3.05, 3.63) is 53.3 Å². The van der Waals surface area contributed by atoms with E-state index in [-0.39, 0.29) is 5.91 Å². The topological polar surface area (TPSA) is 49.0 Å². The number of hydrogen-bond donors (Lipinski definition) is 1. The van der Waals surface area contributed by atoms with Gasteiger partial charge in [-0.05, 0) is 55.6 Å². The average Bonchev–Trinajstić information content (AvgIpc) is 3.08. The molecule has 1 saturated heterocycles. The van der Waals surface area contributed by atoms with Gasteiger partial charge in [0.05, 0.1) is 0 Å². The van der Waals surface area contributed by atoms with Crippen LogP contribution < -0.4 is 0 Å². The third-order valence-electron chi connectivity index (χ3n) is 5.06. The van der Waals surface area contributed by atoms with Crippen LogP contribution >= 0.6 is 0 Å². The Morgan fingerprint density at radius 3 is 2.64 bits per heavy atom. The van der Waals surface area contributed by atoms with Crippen molar-refractivity contribution in [3.63, 3.8) is 0 Å². The summed E-state index contributed by atoms with van der Waals surface area (Å²) >= 11 is 0. The number of nitrogens with one attached hydrogen (secondary N) is 1. The van der Waals surface area contributed by atoms with Crippen LogP contribution in [0.15, 0.2) is 36.4 Å². The molecule has 1 N–H and O–H groups in total. The Labute approximate surface area is 150 Å². The number of carbonyl (C=O) groups is 1. The molecule has 1 aromatic heterocycles. The van der Waals surface area contributed by atoms with Crippen LogP contribution in [0, 0.1) is 11.8 Å². The summed E-state index contributed by atoms with van der Waals surface area (Å²) < 4.78 is 0. The van der Waals surface area contributed by atoms with E-state index in [1.807, 2.05) is 11.0 Å². The quantitative estimate of drug-likeness (QED) is 0.861. The highest BCUT2D eigenvalue weighted by atomic mass is 16.2. The second-order valence-corrected chi connectivity index (χ2v) is 7.64. The summed E-state index contributed by atoms with van der Waals surface area (Å²) in [6.45, 7) is 6.04. The maximum Gasteiger partial charge on any atom is 0.274 e. The van der Waals surface area contributed by atoms with Crippen LogP contribution in [0.4, 0.5) is 0 Å². The first-order valence-electron chi connectivity index (χ1n) is 9.49. The highest BCUT2D eigenvalue weighted by Crippen LogP contribution is 2.23. The first kappa shape index (κ1) is 17.7. The van der Waals surface area contributed by atoms with Gasteiger partial charge >= 0.3 is 0 Å². The molecule has 1 aliphatic heterocycles. The maximum atomic E-state index is 12.6. The number of benzene rings is 1. The molecule has 0 bridgehead atoms. The van der Waals surface area contributed by atoms with Crippen LogP contribution in [0.2, 0.25) is 0 Å². The summed E-state index contributed by atoms with van der Waals surface area (Å²) in [5.41, 5.74) is 3.03. The maximum absolute atomic E-state index is 12.6. The number of aromatic amines is 1. The largest absolute Gasteiger partial charge is 0.337 e. The lowest BCUT2D eigenvalue weighted by molar-refractivity contribution is 0.0681. The number of likely N-dealkylation sites (tertiary alicyclic amines) is 1. The molecule has 25 heavy (non-hydrogen) atoms. The van der Waals surface area contributed by atoms with Crippen molar-refractivity contribution in [2.24, 2.45) is 11.8 Å². The molecule has 134 valence electrons. The van der Waals surface area contributed by atoms with Crippen molar-refractivity contribution >= 4 is 5.91 Å². The Morgan fingerprint density at radius 2 is 1.96 bits per heavy atom. The molecule has 0 unspecified atom stereocenters. The third kappa shape index (κ3) is 4.94. The Kier molecular flexibility index (Phi) is 5.90. The fourth-order valence-corrected chi connectivity index (χ4v) is 3.62. The molecule has 2 aromatic rings. The predicted octanol–water partition coefficient (Wildman–Crippen LogP) is 4.09. The van der Waals surface area contributed by atoms with Gasteiger partial charge in [-0.15, -0.1) is 0 Å². The minimum Gasteiger partial charge on any atom is -0.337 e. The number of hydrogen-bond acceptors (Lipinski definition) is 2. The number of rotatable bonds is 6. The molecule has 2 heterocycles. The van der Waals surface area contributed by atoms with Crippen LogP contribution in [0.3, 0.4) is 0 Å². The third-order valence-corrected chi connectivity index (χ3v) is 5.06. The number of carbonyl (C=O) groups excluding carboxylic acids is 1. The van der Waals surface area contributed by atoms with E-state index in [0.717, 1.165) is 50.4 Å². The zero-order chi connectivity index (χ0) is 17.6. The lowest BCUT2D eigenvalue weighted by atomic mass is 9.90. The van der Waals surface area contributed by atoms with E-state index in [2.05, 4.69) is 54.4 Å². The molecule has 4 heteroatoms. The molecule has 1 aliphatic rings. The van der Waals surface area contributed by atoms with Crippen molar-refractivity contribution in [2.45, 2.75) is 46.0 Å². The van der Waals surface area contributed by atoms with Gasteiger partial charge in [0.25, 0.3) is 5.91 Å². The predicted molar refractivity (Wildman–Crippen MR) is 101 cm³/mol. The van der Waals surface area contributed by atoms with Crippen LogP contribution in [0.25, 0.3) is 0 Å². The van der Waals surface area contributed by atoms with E-state index in [1.54, 1.807) is 0 Å². The van der Waals surface area contributed by atoms with Gasteiger partial charge in [0, 0.05) is 18.8 Å². The van der Waals surface area contributed by atoms with E-state index in [0.29, 0.717) is 11.6 Å². The van der Waals surface area contributed by atoms with Gasteiger partial charge in [0.2, 0.25) is 0 Å². The summed E-state index contributed by atoms with van der Waals surface area (Å²) in [6.07, 6.45) is 5.48. The van der Waals surface area contributed by atoms with Crippen molar-refractivity contribution in [1.82, 2.24) is 15.1 Å². The molecular formula is C21H29N3O. The van der Waals surface area contributed by atoms with Crippen molar-refractivity contribution in [1.29, 1.82) is 0 Å². The van der Waals surface area contributed by atoms with Crippen LogP contribution in [0.5, 0.6) is 0 Å². The summed E-state index contributed by atoms with van der Waals surface area (Å²) in [7, 11) is 0. The fourth-order valence-electron chi connectivity index (χ4n) is 3.62. The number of H-pyrrole nitrogens is 1. The number of aryl methyl sites for hydroxylation is 1. The second-order valence-electron chi connectivity index (χ2n) is 7.64. The smallest absolute Gasteiger partial charge is 0.274 e. The summed E-state index contributed by atoms with van der Waals surface area (Å²) in [6, 6.07) is 12.6. The molecule has 1 fully saturated rings. The number of piperidine rings is 1. The zero-order valence-electron chi connectivity index (χ0n) is 15.4. The minimum absolute atomic E-state index is 0.0766. The first-order chi connectivity index (χ1) is 12.1. The number of amides is 1. The Morgan fingerprint density at radius 1 is 1.24 bits per heavy atom. The Bertz CT molecular complexity index is 669. The van der Waals surface area contributed by atoms with Crippen molar-refractivity contribution in [3.8, 4) is 0 Å². The van der Waals surface area contributed by atoms with Gasteiger partial charge in [0.1, 0.15) is 5.69 Å². The van der Waals surface area contributed by atoms with E-state index in [4.69, 9.17) is 0 Å². The summed E-state index contributed by atoms with van der Waals surface area (Å²) in [4.78, 5) is 14.6. The summed E-state index contributed by atoms with van der Waals surface area (Å²) in [5, 5.41) is 7.23. The first-order valence-corrected chi connectivity index (χ1v) is 9.49. The number of nitrogens with zero attached hydrogens (tertiary/aromatic N) is 2. The SMILES string of the molecule is CC(C)Cc1cc(C(=O)N2CCC(CCc3ccccc3)CC2)n[nH]1. The highest BCUT2D eigenvalue weighted by molar-refractivity contribution is 5.92. The Balaban J connectivity index is 1.46. The van der Waals surface area contributed by atoms with Gasteiger partial charge in [-0.3, -0.25) is 9.89 Å². The van der Waals surface area contributed by atoms with Gasteiger partial charge in [0.15, 0.2) is 0 Å². The molecule has 1 amide bonds. The van der Waals surface area contributed by atoms with Gasteiger partial charge in [-0.2, -0.15) is 5.10 Å². The molecular weight excluding hydrogens is 310 g/mol. The fraction of sp³-hybridized carbons (Fsp3) is 0.524. The lowest BCUT2D eigenvalue weighted by Crippen LogP contribution is -2.38. The summed E-state index contributed by atoms with van der Waals surface area (Å²) in [5.74, 6) is 1.36. The van der Waals surface area contributed by atoms with Crippen LogP contribution in [0.1, 0.15) is 54.9 Å². The van der Waals surface area contributed by atoms with E-state index in [9.17, 15) is 4.79 Å². The molecule has 0 spiro atoms. The molecule has 0 atom stereocenters. The van der Waals surface area contributed by atoms with Crippen molar-refractivity contribution < 1.29 is 4.79 Å². The van der Waals surface area contributed by atoms with Gasteiger partial charge in [-0.1, -0.05) is 44.2 Å². The number of aromatic nitrogens is 2. The average molecular weight is 339 g/mol. The molecule has 0 aliphatic carbocycles. The normalized spacial score (nSPS) is 15.7. The van der Waals surface area contributed by atoms with E-state index >= 15 is 0 Å². The Hall–Kier alpha value is -2.10. The molecule has 4 nitrogen and oxygen atoms in total. The molecule has 3 rings (SSSR count). The second kappa shape index (κ2) is 8.32. The monoisotopic (exact) mass is 339 g/mol. The van der Waals surface area contributed by atoms with Crippen LogP contribution in [-0.4, -0.2) is 34.1 Å². The molecule has 1 aromatic carbocycles. The van der Waals surface area contributed by atoms with E-state index < -0.39 is 0 Å². The van der Waals surface area contributed by atoms with Crippen LogP contribution in [-0.2, 0) is 12.8 Å². The standard InChI is InChI=1S/C21H29N3O/c1-16(2)14-19-15-20(23-22-19)21(25)24-12-10-18(11-13-24)9-8-17-6-4-3-5-7-17/h3-7,15-16,18H,8-14H2,1-2H3,(H,22,23). The van der Waals surface area contributed by atoms with Gasteiger partial charge < -0.3 is 4.90 Å². The zero-order valence-corrected chi connectivity index (χ0v) is 15.4. The molecule has 0 radical (unpaired) electrons. The molecule has 0 saturated carbocycles.